The van der Waals surface area contributed by atoms with Crippen LogP contribution in [0.1, 0.15) is 30.5 Å². The summed E-state index contributed by atoms with van der Waals surface area (Å²) in [6.45, 7) is 4.29. The molecule has 1 heterocycles. The fourth-order valence-corrected chi connectivity index (χ4v) is 3.18. The summed E-state index contributed by atoms with van der Waals surface area (Å²) in [6.07, 6.45) is 1.45. The van der Waals surface area contributed by atoms with E-state index >= 15 is 0 Å². The smallest absolute Gasteiger partial charge is 0.247 e. The second-order valence-corrected chi connectivity index (χ2v) is 6.72. The molecule has 0 aromatic heterocycles. The lowest BCUT2D eigenvalue weighted by Crippen LogP contribution is -2.45. The van der Waals surface area contributed by atoms with E-state index in [1.165, 1.54) is 5.56 Å². The molecule has 3 nitrogen and oxygen atoms in total. The number of amides is 1. The molecule has 118 valence electrons. The zero-order valence-electron chi connectivity index (χ0n) is 13.6. The summed E-state index contributed by atoms with van der Waals surface area (Å²) in [5.74, 6) is -0.371. The summed E-state index contributed by atoms with van der Waals surface area (Å²) in [5, 5.41) is 3.53. The molecule has 0 radical (unpaired) electrons. The van der Waals surface area contributed by atoms with Crippen molar-refractivity contribution >= 4 is 11.6 Å². The van der Waals surface area contributed by atoms with E-state index in [1.54, 1.807) is 0 Å². The minimum Gasteiger partial charge on any atom is -0.379 e. The van der Waals surface area contributed by atoms with Gasteiger partial charge in [-0.2, -0.15) is 0 Å². The van der Waals surface area contributed by atoms with Gasteiger partial charge in [-0.3, -0.25) is 4.79 Å². The fourth-order valence-electron chi connectivity index (χ4n) is 3.18. The SMILES string of the molecule is CC1(C)Cc2ccccc2/C(=C(\Cc2ccccc2)C(N)=O)N1. The number of nitrogens with two attached hydrogens (primary N) is 1. The van der Waals surface area contributed by atoms with Gasteiger partial charge in [0.15, 0.2) is 0 Å². The molecule has 2 aromatic rings. The van der Waals surface area contributed by atoms with Crippen LogP contribution in [-0.4, -0.2) is 11.4 Å². The summed E-state index contributed by atoms with van der Waals surface area (Å²) < 4.78 is 0. The monoisotopic (exact) mass is 306 g/mol. The minimum absolute atomic E-state index is 0.110. The fraction of sp³-hybridized carbons (Fsp3) is 0.250. The van der Waals surface area contributed by atoms with E-state index in [0.717, 1.165) is 23.2 Å². The molecule has 3 heteroatoms. The number of rotatable bonds is 3. The Balaban J connectivity index is 2.13. The molecule has 3 N–H and O–H groups in total. The van der Waals surface area contributed by atoms with Gasteiger partial charge in [0.05, 0.1) is 5.70 Å². The highest BCUT2D eigenvalue weighted by atomic mass is 16.1. The van der Waals surface area contributed by atoms with Crippen LogP contribution in [0.25, 0.3) is 5.70 Å². The molecule has 0 aliphatic carbocycles. The Morgan fingerprint density at radius 3 is 2.43 bits per heavy atom. The van der Waals surface area contributed by atoms with Crippen molar-refractivity contribution in [3.8, 4) is 0 Å². The van der Waals surface area contributed by atoms with E-state index in [9.17, 15) is 4.79 Å². The maximum absolute atomic E-state index is 12.1. The quantitative estimate of drug-likeness (QED) is 0.856. The predicted octanol–water partition coefficient (Wildman–Crippen LogP) is 3.05. The molecule has 0 saturated heterocycles. The van der Waals surface area contributed by atoms with Gasteiger partial charge in [-0.05, 0) is 31.4 Å². The second kappa shape index (κ2) is 5.92. The van der Waals surface area contributed by atoms with Gasteiger partial charge >= 0.3 is 0 Å². The van der Waals surface area contributed by atoms with Crippen LogP contribution >= 0.6 is 0 Å². The molecule has 2 aromatic carbocycles. The summed E-state index contributed by atoms with van der Waals surface area (Å²) in [7, 11) is 0. The molecule has 0 bridgehead atoms. The normalized spacial score (nSPS) is 17.8. The molecule has 0 fully saturated rings. The van der Waals surface area contributed by atoms with Crippen molar-refractivity contribution in [3.63, 3.8) is 0 Å². The van der Waals surface area contributed by atoms with E-state index in [1.807, 2.05) is 42.5 Å². The summed E-state index contributed by atoms with van der Waals surface area (Å²) in [5.41, 5.74) is 10.5. The molecular formula is C20H22N2O. The Kier molecular flexibility index (Phi) is 3.95. The highest BCUT2D eigenvalue weighted by Crippen LogP contribution is 2.32. The van der Waals surface area contributed by atoms with Crippen LogP contribution in [0.15, 0.2) is 60.2 Å². The zero-order chi connectivity index (χ0) is 16.4. The van der Waals surface area contributed by atoms with E-state index in [4.69, 9.17) is 5.73 Å². The second-order valence-electron chi connectivity index (χ2n) is 6.72. The maximum Gasteiger partial charge on any atom is 0.247 e. The van der Waals surface area contributed by atoms with Gasteiger partial charge in [0.1, 0.15) is 0 Å². The number of nitrogens with one attached hydrogen (secondary N) is 1. The van der Waals surface area contributed by atoms with E-state index in [0.29, 0.717) is 12.0 Å². The topological polar surface area (TPSA) is 55.1 Å². The lowest BCUT2D eigenvalue weighted by molar-refractivity contribution is -0.114. The molecule has 0 saturated carbocycles. The number of carbonyl (C=O) groups excluding carboxylic acids is 1. The first-order valence-corrected chi connectivity index (χ1v) is 7.90. The number of primary amides is 1. The van der Waals surface area contributed by atoms with Crippen LogP contribution in [0.3, 0.4) is 0 Å². The molecule has 0 spiro atoms. The number of carbonyl (C=O) groups is 1. The Morgan fingerprint density at radius 1 is 1.09 bits per heavy atom. The van der Waals surface area contributed by atoms with Crippen molar-refractivity contribution in [2.24, 2.45) is 5.73 Å². The Bertz CT molecular complexity index is 760. The molecule has 1 aliphatic heterocycles. The Labute approximate surface area is 137 Å². The van der Waals surface area contributed by atoms with Gasteiger partial charge in [0, 0.05) is 23.1 Å². The number of hydrogen-bond donors (Lipinski definition) is 2. The van der Waals surface area contributed by atoms with E-state index < -0.39 is 0 Å². The highest BCUT2D eigenvalue weighted by Gasteiger charge is 2.30. The van der Waals surface area contributed by atoms with Gasteiger partial charge in [0.25, 0.3) is 0 Å². The molecule has 1 amide bonds. The average Bonchev–Trinajstić information content (AvgIpc) is 2.52. The van der Waals surface area contributed by atoms with Crippen LogP contribution in [0.4, 0.5) is 0 Å². The van der Waals surface area contributed by atoms with Crippen LogP contribution < -0.4 is 11.1 Å². The highest BCUT2D eigenvalue weighted by molar-refractivity contribution is 6.00. The van der Waals surface area contributed by atoms with Crippen molar-refractivity contribution in [1.82, 2.24) is 5.32 Å². The molecule has 23 heavy (non-hydrogen) atoms. The van der Waals surface area contributed by atoms with Crippen LogP contribution in [0.2, 0.25) is 0 Å². The largest absolute Gasteiger partial charge is 0.379 e. The van der Waals surface area contributed by atoms with Crippen molar-refractivity contribution in [2.45, 2.75) is 32.2 Å². The Morgan fingerprint density at radius 2 is 1.74 bits per heavy atom. The zero-order valence-corrected chi connectivity index (χ0v) is 13.6. The first-order valence-electron chi connectivity index (χ1n) is 7.90. The van der Waals surface area contributed by atoms with Crippen molar-refractivity contribution in [3.05, 3.63) is 76.9 Å². The number of benzene rings is 2. The lowest BCUT2D eigenvalue weighted by Gasteiger charge is -2.36. The molecule has 0 unspecified atom stereocenters. The molecule has 0 atom stereocenters. The summed E-state index contributed by atoms with van der Waals surface area (Å²) in [6, 6.07) is 18.2. The summed E-state index contributed by atoms with van der Waals surface area (Å²) >= 11 is 0. The molecule has 1 aliphatic rings. The van der Waals surface area contributed by atoms with Gasteiger partial charge in [-0.25, -0.2) is 0 Å². The van der Waals surface area contributed by atoms with Gasteiger partial charge in [0.2, 0.25) is 5.91 Å². The average molecular weight is 306 g/mol. The first kappa shape index (κ1) is 15.3. The molecule has 3 rings (SSSR count). The maximum atomic E-state index is 12.1. The standard InChI is InChI=1S/C20H22N2O/c1-20(2)13-15-10-6-7-11-16(15)18(22-20)17(19(21)23)12-14-8-4-3-5-9-14/h3-11,22H,12-13H2,1-2H3,(H2,21,23)/b18-17-. The van der Waals surface area contributed by atoms with Gasteiger partial charge in [-0.1, -0.05) is 54.6 Å². The van der Waals surface area contributed by atoms with Crippen LogP contribution in [0, 0.1) is 0 Å². The number of hydrogen-bond acceptors (Lipinski definition) is 2. The van der Waals surface area contributed by atoms with E-state index in [2.05, 4.69) is 31.3 Å². The molecular weight excluding hydrogens is 284 g/mol. The predicted molar refractivity (Wildman–Crippen MR) is 93.6 cm³/mol. The van der Waals surface area contributed by atoms with Crippen molar-refractivity contribution in [1.29, 1.82) is 0 Å². The number of fused-ring (bicyclic) bond motifs is 1. The third kappa shape index (κ3) is 3.29. The third-order valence-corrected chi connectivity index (χ3v) is 4.21. The lowest BCUT2D eigenvalue weighted by atomic mass is 9.84. The van der Waals surface area contributed by atoms with E-state index in [-0.39, 0.29) is 11.4 Å². The van der Waals surface area contributed by atoms with Crippen molar-refractivity contribution in [2.75, 3.05) is 0 Å². The van der Waals surface area contributed by atoms with Gasteiger partial charge < -0.3 is 11.1 Å². The summed E-state index contributed by atoms with van der Waals surface area (Å²) in [4.78, 5) is 12.1. The Hall–Kier alpha value is -2.55. The van der Waals surface area contributed by atoms with Crippen LogP contribution in [0.5, 0.6) is 0 Å². The van der Waals surface area contributed by atoms with Crippen molar-refractivity contribution < 1.29 is 4.79 Å². The minimum atomic E-state index is -0.371. The van der Waals surface area contributed by atoms with Gasteiger partial charge in [-0.15, -0.1) is 0 Å². The third-order valence-electron chi connectivity index (χ3n) is 4.21. The van der Waals surface area contributed by atoms with Crippen LogP contribution in [-0.2, 0) is 17.6 Å². The first-order chi connectivity index (χ1) is 11.0.